The van der Waals surface area contributed by atoms with Crippen LogP contribution in [0.25, 0.3) is 0 Å². The number of rotatable bonds is 4. The molecule has 112 valence electrons. The van der Waals surface area contributed by atoms with E-state index in [4.69, 9.17) is 4.74 Å². The molecule has 0 spiro atoms. The first-order chi connectivity index (χ1) is 9.41. The molecule has 2 nitrogen and oxygen atoms in total. The molecular formula is C15H19F3O2. The summed E-state index contributed by atoms with van der Waals surface area (Å²) in [6, 6.07) is 5.16. The molecule has 1 heterocycles. The van der Waals surface area contributed by atoms with Crippen LogP contribution in [0.3, 0.4) is 0 Å². The van der Waals surface area contributed by atoms with Crippen molar-refractivity contribution in [2.75, 3.05) is 6.61 Å². The molecule has 5 heteroatoms. The van der Waals surface area contributed by atoms with Gasteiger partial charge in [-0.15, -0.1) is 0 Å². The molecule has 1 aliphatic rings. The predicted octanol–water partition coefficient (Wildman–Crippen LogP) is 3.42. The highest BCUT2D eigenvalue weighted by Gasteiger charge is 2.33. The molecule has 20 heavy (non-hydrogen) atoms. The highest BCUT2D eigenvalue weighted by molar-refractivity contribution is 5.26. The van der Waals surface area contributed by atoms with Crippen LogP contribution in [-0.4, -0.2) is 23.9 Å². The molecule has 0 saturated carbocycles. The van der Waals surface area contributed by atoms with Crippen molar-refractivity contribution in [3.63, 3.8) is 0 Å². The molecule has 1 aromatic carbocycles. The Morgan fingerprint density at radius 1 is 1.40 bits per heavy atom. The van der Waals surface area contributed by atoms with Crippen molar-refractivity contribution in [2.24, 2.45) is 5.92 Å². The molecule has 0 aromatic heterocycles. The maximum absolute atomic E-state index is 12.6. The van der Waals surface area contributed by atoms with Crippen molar-refractivity contribution in [1.82, 2.24) is 0 Å². The summed E-state index contributed by atoms with van der Waals surface area (Å²) in [6.07, 6.45) is -3.19. The highest BCUT2D eigenvalue weighted by Crippen LogP contribution is 2.31. The normalized spacial score (nSPS) is 24.9. The van der Waals surface area contributed by atoms with Crippen LogP contribution in [0.2, 0.25) is 0 Å². The lowest BCUT2D eigenvalue weighted by atomic mass is 9.89. The fraction of sp³-hybridized carbons (Fsp3) is 0.600. The SMILES string of the molecule is CCC1OCCC1C(O)Cc1cccc(C(F)(F)F)c1. The first-order valence-corrected chi connectivity index (χ1v) is 6.87. The zero-order chi connectivity index (χ0) is 14.8. The number of halogens is 3. The van der Waals surface area contributed by atoms with Crippen LogP contribution in [0.15, 0.2) is 24.3 Å². The van der Waals surface area contributed by atoms with E-state index < -0.39 is 17.8 Å². The van der Waals surface area contributed by atoms with Gasteiger partial charge in [0.25, 0.3) is 0 Å². The van der Waals surface area contributed by atoms with Crippen molar-refractivity contribution < 1.29 is 23.0 Å². The number of alkyl halides is 3. The zero-order valence-corrected chi connectivity index (χ0v) is 11.4. The number of hydrogen-bond donors (Lipinski definition) is 1. The second kappa shape index (κ2) is 6.14. The first kappa shape index (κ1) is 15.3. The summed E-state index contributed by atoms with van der Waals surface area (Å²) in [6.45, 7) is 2.60. The van der Waals surface area contributed by atoms with Crippen molar-refractivity contribution in [2.45, 2.75) is 44.6 Å². The Morgan fingerprint density at radius 2 is 2.15 bits per heavy atom. The lowest BCUT2D eigenvalue weighted by Crippen LogP contribution is -2.29. The van der Waals surface area contributed by atoms with Gasteiger partial charge in [-0.05, 0) is 30.9 Å². The number of ether oxygens (including phenoxy) is 1. The Hall–Kier alpha value is -1.07. The second-order valence-corrected chi connectivity index (χ2v) is 5.24. The van der Waals surface area contributed by atoms with E-state index in [0.29, 0.717) is 12.2 Å². The van der Waals surface area contributed by atoms with Crippen LogP contribution >= 0.6 is 0 Å². The Morgan fingerprint density at radius 3 is 2.80 bits per heavy atom. The van der Waals surface area contributed by atoms with E-state index in [1.165, 1.54) is 6.07 Å². The summed E-state index contributed by atoms with van der Waals surface area (Å²) >= 11 is 0. The maximum atomic E-state index is 12.6. The summed E-state index contributed by atoms with van der Waals surface area (Å²) in [5.74, 6) is 0.00884. The van der Waals surface area contributed by atoms with E-state index in [9.17, 15) is 18.3 Å². The topological polar surface area (TPSA) is 29.5 Å². The van der Waals surface area contributed by atoms with Crippen LogP contribution in [0.5, 0.6) is 0 Å². The van der Waals surface area contributed by atoms with Crippen LogP contribution < -0.4 is 0 Å². The van der Waals surface area contributed by atoms with Gasteiger partial charge in [0.15, 0.2) is 0 Å². The highest BCUT2D eigenvalue weighted by atomic mass is 19.4. The molecule has 0 radical (unpaired) electrons. The maximum Gasteiger partial charge on any atom is 0.416 e. The largest absolute Gasteiger partial charge is 0.416 e. The average molecular weight is 288 g/mol. The second-order valence-electron chi connectivity index (χ2n) is 5.24. The lowest BCUT2D eigenvalue weighted by Gasteiger charge is -2.23. The molecule has 3 atom stereocenters. The van der Waals surface area contributed by atoms with Crippen molar-refractivity contribution in [1.29, 1.82) is 0 Å². The minimum absolute atomic E-state index is 0.00884. The van der Waals surface area contributed by atoms with Gasteiger partial charge in [-0.1, -0.05) is 25.1 Å². The Balaban J connectivity index is 2.06. The Kier molecular flexibility index (Phi) is 4.70. The van der Waals surface area contributed by atoms with Crippen molar-refractivity contribution in [3.8, 4) is 0 Å². The molecule has 1 aliphatic heterocycles. The summed E-state index contributed by atoms with van der Waals surface area (Å²) in [5.41, 5.74) is -0.161. The van der Waals surface area contributed by atoms with Gasteiger partial charge < -0.3 is 9.84 Å². The molecule has 1 aromatic rings. The fourth-order valence-corrected chi connectivity index (χ4v) is 2.79. The van der Waals surface area contributed by atoms with E-state index in [1.807, 2.05) is 6.92 Å². The number of aliphatic hydroxyl groups excluding tert-OH is 1. The van der Waals surface area contributed by atoms with Crippen LogP contribution in [-0.2, 0) is 17.3 Å². The van der Waals surface area contributed by atoms with Crippen LogP contribution in [0, 0.1) is 5.92 Å². The summed E-state index contributed by atoms with van der Waals surface area (Å²) in [5, 5.41) is 10.2. The van der Waals surface area contributed by atoms with E-state index in [2.05, 4.69) is 0 Å². The van der Waals surface area contributed by atoms with Gasteiger partial charge in [-0.2, -0.15) is 13.2 Å². The third-order valence-electron chi connectivity index (χ3n) is 3.86. The van der Waals surface area contributed by atoms with Gasteiger partial charge in [-0.3, -0.25) is 0 Å². The number of aliphatic hydroxyl groups is 1. The summed E-state index contributed by atoms with van der Waals surface area (Å²) in [4.78, 5) is 0. The zero-order valence-electron chi connectivity index (χ0n) is 11.4. The molecule has 3 unspecified atom stereocenters. The summed E-state index contributed by atoms with van der Waals surface area (Å²) < 4.78 is 43.4. The Bertz CT molecular complexity index is 445. The van der Waals surface area contributed by atoms with Gasteiger partial charge in [0, 0.05) is 12.5 Å². The van der Waals surface area contributed by atoms with Crippen molar-refractivity contribution >= 4 is 0 Å². The molecule has 1 N–H and O–H groups in total. The summed E-state index contributed by atoms with van der Waals surface area (Å²) in [7, 11) is 0. The minimum atomic E-state index is -4.34. The molecule has 1 fully saturated rings. The molecular weight excluding hydrogens is 269 g/mol. The fourth-order valence-electron chi connectivity index (χ4n) is 2.79. The van der Waals surface area contributed by atoms with E-state index in [-0.39, 0.29) is 18.4 Å². The van der Waals surface area contributed by atoms with Gasteiger partial charge in [-0.25, -0.2) is 0 Å². The third-order valence-corrected chi connectivity index (χ3v) is 3.86. The first-order valence-electron chi connectivity index (χ1n) is 6.87. The van der Waals surface area contributed by atoms with E-state index >= 15 is 0 Å². The third kappa shape index (κ3) is 3.52. The molecule has 2 rings (SSSR count). The number of hydrogen-bond acceptors (Lipinski definition) is 2. The van der Waals surface area contributed by atoms with E-state index in [0.717, 1.165) is 25.0 Å². The number of benzene rings is 1. The monoisotopic (exact) mass is 288 g/mol. The smallest absolute Gasteiger partial charge is 0.392 e. The molecule has 0 aliphatic carbocycles. The predicted molar refractivity (Wildman–Crippen MR) is 69.3 cm³/mol. The standard InChI is InChI=1S/C15H19F3O2/c1-2-14-12(6-7-20-14)13(19)9-10-4-3-5-11(8-10)15(16,17)18/h3-5,8,12-14,19H,2,6-7,9H2,1H3. The van der Waals surface area contributed by atoms with Gasteiger partial charge >= 0.3 is 6.18 Å². The van der Waals surface area contributed by atoms with Crippen LogP contribution in [0.1, 0.15) is 30.9 Å². The Labute approximate surface area is 116 Å². The molecule has 0 bridgehead atoms. The van der Waals surface area contributed by atoms with E-state index in [1.54, 1.807) is 6.07 Å². The van der Waals surface area contributed by atoms with Crippen LogP contribution in [0.4, 0.5) is 13.2 Å². The van der Waals surface area contributed by atoms with Gasteiger partial charge in [0.05, 0.1) is 17.8 Å². The average Bonchev–Trinajstić information content (AvgIpc) is 2.86. The molecule has 0 amide bonds. The molecule has 1 saturated heterocycles. The van der Waals surface area contributed by atoms with Gasteiger partial charge in [0.1, 0.15) is 0 Å². The lowest BCUT2D eigenvalue weighted by molar-refractivity contribution is -0.137. The van der Waals surface area contributed by atoms with Gasteiger partial charge in [0.2, 0.25) is 0 Å². The van der Waals surface area contributed by atoms with Crippen molar-refractivity contribution in [3.05, 3.63) is 35.4 Å². The quantitative estimate of drug-likeness (QED) is 0.920. The minimum Gasteiger partial charge on any atom is -0.392 e.